The van der Waals surface area contributed by atoms with E-state index in [0.29, 0.717) is 5.69 Å². The molecule has 1 amide bonds. The number of carbonyl (C=O) groups excluding carboxylic acids is 1. The van der Waals surface area contributed by atoms with Crippen LogP contribution >= 0.6 is 0 Å². The van der Waals surface area contributed by atoms with Crippen LogP contribution in [0.2, 0.25) is 0 Å². The predicted molar refractivity (Wildman–Crippen MR) is 63.4 cm³/mol. The number of nitrogens with zero attached hydrogens (tertiary/aromatic N) is 2. The molecule has 0 atom stereocenters. The third-order valence-electron chi connectivity index (χ3n) is 2.99. The lowest BCUT2D eigenvalue weighted by atomic mass is 10.0. The molecule has 1 aromatic heterocycles. The van der Waals surface area contributed by atoms with E-state index in [1.807, 2.05) is 37.6 Å². The first-order valence-electron chi connectivity index (χ1n) is 5.48. The third-order valence-corrected chi connectivity index (χ3v) is 2.99. The Bertz CT molecular complexity index is 369. The second kappa shape index (κ2) is 4.70. The average Bonchev–Trinajstić information content (AvgIpc) is 2.74. The summed E-state index contributed by atoms with van der Waals surface area (Å²) >= 11 is 0. The molecule has 16 heavy (non-hydrogen) atoms. The third kappa shape index (κ3) is 2.27. The number of rotatable bonds is 4. The summed E-state index contributed by atoms with van der Waals surface area (Å²) in [7, 11) is 1.71. The Morgan fingerprint density at radius 2 is 2.19 bits per heavy atom. The number of hydrogen-bond acceptors (Lipinski definition) is 2. The molecular weight excluding hydrogens is 204 g/mol. The Hall–Kier alpha value is -1.29. The lowest BCUT2D eigenvalue weighted by Crippen LogP contribution is -2.48. The van der Waals surface area contributed by atoms with Crippen LogP contribution in [-0.4, -0.2) is 39.7 Å². The van der Waals surface area contributed by atoms with Crippen LogP contribution in [0.4, 0.5) is 0 Å². The van der Waals surface area contributed by atoms with Crippen LogP contribution in [0.1, 0.15) is 31.3 Å². The molecule has 4 heteroatoms. The van der Waals surface area contributed by atoms with E-state index in [9.17, 15) is 9.90 Å². The fourth-order valence-corrected chi connectivity index (χ4v) is 1.44. The maximum atomic E-state index is 12.2. The van der Waals surface area contributed by atoms with Gasteiger partial charge in [0.15, 0.2) is 0 Å². The highest BCUT2D eigenvalue weighted by Gasteiger charge is 2.28. The van der Waals surface area contributed by atoms with Crippen molar-refractivity contribution in [3.8, 4) is 0 Å². The first-order chi connectivity index (χ1) is 7.44. The Labute approximate surface area is 96.5 Å². The lowest BCUT2D eigenvalue weighted by molar-refractivity contribution is 0.0463. The molecule has 0 radical (unpaired) electrons. The number of amides is 1. The van der Waals surface area contributed by atoms with E-state index in [4.69, 9.17) is 0 Å². The minimum atomic E-state index is -0.542. The van der Waals surface area contributed by atoms with E-state index < -0.39 is 5.54 Å². The van der Waals surface area contributed by atoms with Gasteiger partial charge >= 0.3 is 0 Å². The van der Waals surface area contributed by atoms with Gasteiger partial charge < -0.3 is 14.6 Å². The minimum Gasteiger partial charge on any atom is -0.394 e. The molecule has 0 fully saturated rings. The Balaban J connectivity index is 2.95. The standard InChI is InChI=1S/C12H20N2O2/c1-5-14-8-6-7-10(14)11(16)13(4)12(2,3)9-15/h6-8,15H,5,9H2,1-4H3. The minimum absolute atomic E-state index is 0.0535. The van der Waals surface area contributed by atoms with Crippen LogP contribution in [-0.2, 0) is 6.54 Å². The Morgan fingerprint density at radius 3 is 2.69 bits per heavy atom. The van der Waals surface area contributed by atoms with Crippen molar-refractivity contribution in [2.45, 2.75) is 32.9 Å². The van der Waals surface area contributed by atoms with Gasteiger partial charge in [-0.1, -0.05) is 0 Å². The molecule has 0 aliphatic rings. The molecule has 0 bridgehead atoms. The molecule has 0 aliphatic carbocycles. The van der Waals surface area contributed by atoms with Crippen molar-refractivity contribution >= 4 is 5.91 Å². The van der Waals surface area contributed by atoms with Crippen molar-refractivity contribution in [2.75, 3.05) is 13.7 Å². The van der Waals surface area contributed by atoms with Gasteiger partial charge in [-0.05, 0) is 32.9 Å². The summed E-state index contributed by atoms with van der Waals surface area (Å²) < 4.78 is 1.90. The van der Waals surface area contributed by atoms with Crippen molar-refractivity contribution in [1.29, 1.82) is 0 Å². The van der Waals surface area contributed by atoms with Crippen molar-refractivity contribution in [3.05, 3.63) is 24.0 Å². The molecule has 1 heterocycles. The maximum absolute atomic E-state index is 12.2. The second-order valence-corrected chi connectivity index (χ2v) is 4.51. The van der Waals surface area contributed by atoms with E-state index >= 15 is 0 Å². The summed E-state index contributed by atoms with van der Waals surface area (Å²) in [4.78, 5) is 13.8. The van der Waals surface area contributed by atoms with Crippen LogP contribution < -0.4 is 0 Å². The molecule has 4 nitrogen and oxygen atoms in total. The zero-order chi connectivity index (χ0) is 12.3. The monoisotopic (exact) mass is 224 g/mol. The van der Waals surface area contributed by atoms with Crippen LogP contribution in [0.15, 0.2) is 18.3 Å². The number of aliphatic hydroxyl groups is 1. The van der Waals surface area contributed by atoms with E-state index in [-0.39, 0.29) is 12.5 Å². The summed E-state index contributed by atoms with van der Waals surface area (Å²) in [6, 6.07) is 3.66. The first kappa shape index (κ1) is 12.8. The number of aromatic nitrogens is 1. The zero-order valence-corrected chi connectivity index (χ0v) is 10.4. The topological polar surface area (TPSA) is 45.5 Å². The van der Waals surface area contributed by atoms with Crippen molar-refractivity contribution in [2.24, 2.45) is 0 Å². The first-order valence-corrected chi connectivity index (χ1v) is 5.48. The second-order valence-electron chi connectivity index (χ2n) is 4.51. The highest BCUT2D eigenvalue weighted by molar-refractivity contribution is 5.93. The molecule has 0 spiro atoms. The highest BCUT2D eigenvalue weighted by Crippen LogP contribution is 2.15. The van der Waals surface area contributed by atoms with Crippen LogP contribution in [0, 0.1) is 0 Å². The van der Waals surface area contributed by atoms with E-state index in [1.165, 1.54) is 0 Å². The van der Waals surface area contributed by atoms with Gasteiger partial charge in [-0.25, -0.2) is 0 Å². The summed E-state index contributed by atoms with van der Waals surface area (Å²) in [5, 5.41) is 9.24. The number of likely N-dealkylation sites (N-methyl/N-ethyl adjacent to an activating group) is 1. The molecule has 90 valence electrons. The highest BCUT2D eigenvalue weighted by atomic mass is 16.3. The quantitative estimate of drug-likeness (QED) is 0.839. The van der Waals surface area contributed by atoms with Gasteiger partial charge in [0, 0.05) is 19.8 Å². The normalized spacial score (nSPS) is 11.6. The van der Waals surface area contributed by atoms with Gasteiger partial charge in [0.1, 0.15) is 5.69 Å². The predicted octanol–water partition coefficient (Wildman–Crippen LogP) is 1.35. The molecule has 0 aliphatic heterocycles. The summed E-state index contributed by atoms with van der Waals surface area (Å²) in [6.45, 7) is 6.38. The van der Waals surface area contributed by atoms with Gasteiger partial charge in [-0.15, -0.1) is 0 Å². The van der Waals surface area contributed by atoms with Gasteiger partial charge in [0.25, 0.3) is 5.91 Å². The number of hydrogen-bond donors (Lipinski definition) is 1. The number of aryl methyl sites for hydroxylation is 1. The number of carbonyl (C=O) groups is 1. The number of aliphatic hydroxyl groups excluding tert-OH is 1. The molecule has 1 N–H and O–H groups in total. The summed E-state index contributed by atoms with van der Waals surface area (Å²) in [5.74, 6) is -0.0640. The summed E-state index contributed by atoms with van der Waals surface area (Å²) in [5.41, 5.74) is 0.117. The lowest BCUT2D eigenvalue weighted by Gasteiger charge is -2.34. The van der Waals surface area contributed by atoms with E-state index in [1.54, 1.807) is 18.0 Å². The fraction of sp³-hybridized carbons (Fsp3) is 0.583. The smallest absolute Gasteiger partial charge is 0.270 e. The van der Waals surface area contributed by atoms with Crippen LogP contribution in [0.25, 0.3) is 0 Å². The van der Waals surface area contributed by atoms with E-state index in [0.717, 1.165) is 6.54 Å². The van der Waals surface area contributed by atoms with Crippen molar-refractivity contribution in [3.63, 3.8) is 0 Å². The Morgan fingerprint density at radius 1 is 1.56 bits per heavy atom. The molecule has 0 unspecified atom stereocenters. The molecular formula is C12H20N2O2. The van der Waals surface area contributed by atoms with Gasteiger partial charge in [-0.2, -0.15) is 0 Å². The zero-order valence-electron chi connectivity index (χ0n) is 10.4. The maximum Gasteiger partial charge on any atom is 0.270 e. The molecule has 1 aromatic rings. The largest absolute Gasteiger partial charge is 0.394 e. The van der Waals surface area contributed by atoms with Gasteiger partial charge in [0.2, 0.25) is 0 Å². The summed E-state index contributed by atoms with van der Waals surface area (Å²) in [6.07, 6.45) is 1.88. The van der Waals surface area contributed by atoms with Crippen LogP contribution in [0.5, 0.6) is 0 Å². The SMILES string of the molecule is CCn1cccc1C(=O)N(C)C(C)(C)CO. The van der Waals surface area contributed by atoms with Gasteiger partial charge in [0.05, 0.1) is 12.1 Å². The van der Waals surface area contributed by atoms with Crippen molar-refractivity contribution < 1.29 is 9.90 Å². The Kier molecular flexibility index (Phi) is 3.75. The van der Waals surface area contributed by atoms with Crippen LogP contribution in [0.3, 0.4) is 0 Å². The van der Waals surface area contributed by atoms with Crippen molar-refractivity contribution in [1.82, 2.24) is 9.47 Å². The average molecular weight is 224 g/mol. The van der Waals surface area contributed by atoms with Gasteiger partial charge in [-0.3, -0.25) is 4.79 Å². The van der Waals surface area contributed by atoms with E-state index in [2.05, 4.69) is 0 Å². The fourth-order valence-electron chi connectivity index (χ4n) is 1.44. The molecule has 0 saturated carbocycles. The molecule has 0 saturated heterocycles. The molecule has 1 rings (SSSR count). The molecule has 0 aromatic carbocycles.